The van der Waals surface area contributed by atoms with Gasteiger partial charge < -0.3 is 0 Å². The van der Waals surface area contributed by atoms with Crippen molar-refractivity contribution < 1.29 is 0 Å². The molecule has 59 heavy (non-hydrogen) atoms. The van der Waals surface area contributed by atoms with Gasteiger partial charge in [0.25, 0.3) is 0 Å². The molecule has 1 aliphatic rings. The average Bonchev–Trinajstić information content (AvgIpc) is 3.54. The highest BCUT2D eigenvalue weighted by molar-refractivity contribution is 6.06. The molecule has 0 fully saturated rings. The number of hydrogen-bond acceptors (Lipinski definition) is 3. The van der Waals surface area contributed by atoms with Gasteiger partial charge in [-0.15, -0.1) is 0 Å². The number of benzene rings is 8. The molecular formula is C56H39N3. The second kappa shape index (κ2) is 13.9. The highest BCUT2D eigenvalue weighted by Gasteiger charge is 2.36. The van der Waals surface area contributed by atoms with E-state index in [4.69, 9.17) is 9.97 Å². The fourth-order valence-electron chi connectivity index (χ4n) is 9.18. The van der Waals surface area contributed by atoms with Crippen LogP contribution in [0.4, 0.5) is 0 Å². The third kappa shape index (κ3) is 5.94. The van der Waals surface area contributed by atoms with E-state index in [1.165, 1.54) is 60.7 Å². The van der Waals surface area contributed by atoms with Crippen molar-refractivity contribution in [1.29, 1.82) is 0 Å². The third-order valence-corrected chi connectivity index (χ3v) is 12.2. The molecule has 1 aliphatic carbocycles. The van der Waals surface area contributed by atoms with Crippen LogP contribution in [0.2, 0.25) is 0 Å². The van der Waals surface area contributed by atoms with Crippen LogP contribution in [0.25, 0.3) is 100.0 Å². The van der Waals surface area contributed by atoms with E-state index in [1.807, 2.05) is 30.5 Å². The number of nitrogens with zero attached hydrogens (tertiary/aromatic N) is 3. The number of pyridine rings is 1. The average molecular weight is 754 g/mol. The van der Waals surface area contributed by atoms with Gasteiger partial charge in [-0.1, -0.05) is 172 Å². The van der Waals surface area contributed by atoms with E-state index >= 15 is 0 Å². The van der Waals surface area contributed by atoms with Crippen LogP contribution in [0.15, 0.2) is 200 Å². The molecular weight excluding hydrogens is 715 g/mol. The predicted octanol–water partition coefficient (Wildman–Crippen LogP) is 14.5. The largest absolute Gasteiger partial charge is 0.264 e. The summed E-state index contributed by atoms with van der Waals surface area (Å²) in [5, 5.41) is 4.92. The van der Waals surface area contributed by atoms with Gasteiger partial charge in [0.15, 0.2) is 5.82 Å². The van der Waals surface area contributed by atoms with Gasteiger partial charge in [-0.25, -0.2) is 9.97 Å². The molecule has 3 nitrogen and oxygen atoms in total. The van der Waals surface area contributed by atoms with Gasteiger partial charge in [0.2, 0.25) is 0 Å². The van der Waals surface area contributed by atoms with Crippen molar-refractivity contribution in [2.45, 2.75) is 19.3 Å². The first kappa shape index (κ1) is 34.7. The van der Waals surface area contributed by atoms with Crippen molar-refractivity contribution in [3.05, 3.63) is 212 Å². The molecule has 0 aliphatic heterocycles. The van der Waals surface area contributed by atoms with E-state index in [2.05, 4.69) is 183 Å². The van der Waals surface area contributed by atoms with Crippen molar-refractivity contribution in [2.24, 2.45) is 0 Å². The first-order valence-electron chi connectivity index (χ1n) is 20.2. The van der Waals surface area contributed by atoms with Gasteiger partial charge >= 0.3 is 0 Å². The summed E-state index contributed by atoms with van der Waals surface area (Å²) in [5.41, 5.74) is 17.2. The molecule has 2 heterocycles. The van der Waals surface area contributed by atoms with Gasteiger partial charge in [-0.2, -0.15) is 0 Å². The minimum Gasteiger partial charge on any atom is -0.264 e. The smallest absolute Gasteiger partial charge is 0.160 e. The maximum absolute atomic E-state index is 5.24. The first-order valence-corrected chi connectivity index (χ1v) is 20.2. The Kier molecular flexibility index (Phi) is 8.16. The van der Waals surface area contributed by atoms with Crippen LogP contribution in [0.5, 0.6) is 0 Å². The SMILES string of the molecule is CC1(C)c2ccc(-c3cccc(-c4ccc(-c5cc(-c6cccc(-c7cccnc7)c6)nc(-c6ccccc6)n5)c5ccccc45)c3)cc2-c2c1ccc1ccccc21. The van der Waals surface area contributed by atoms with Crippen LogP contribution in [-0.4, -0.2) is 15.0 Å². The predicted molar refractivity (Wildman–Crippen MR) is 245 cm³/mol. The lowest BCUT2D eigenvalue weighted by Gasteiger charge is -2.21. The zero-order chi connectivity index (χ0) is 39.5. The minimum atomic E-state index is -0.0635. The summed E-state index contributed by atoms with van der Waals surface area (Å²) in [6, 6.07) is 67.6. The quantitative estimate of drug-likeness (QED) is 0.170. The lowest BCUT2D eigenvalue weighted by molar-refractivity contribution is 0.661. The summed E-state index contributed by atoms with van der Waals surface area (Å²) in [5.74, 6) is 0.694. The van der Waals surface area contributed by atoms with Gasteiger partial charge in [-0.05, 0) is 102 Å². The van der Waals surface area contributed by atoms with Crippen molar-refractivity contribution >= 4 is 21.5 Å². The monoisotopic (exact) mass is 753 g/mol. The maximum Gasteiger partial charge on any atom is 0.160 e. The number of hydrogen-bond donors (Lipinski definition) is 0. The minimum absolute atomic E-state index is 0.0635. The van der Waals surface area contributed by atoms with Crippen molar-refractivity contribution in [3.8, 4) is 78.4 Å². The molecule has 0 spiro atoms. The summed E-state index contributed by atoms with van der Waals surface area (Å²) in [6.45, 7) is 4.71. The van der Waals surface area contributed by atoms with Gasteiger partial charge in [0.1, 0.15) is 0 Å². The lowest BCUT2D eigenvalue weighted by Crippen LogP contribution is -2.14. The standard InChI is InChI=1S/C56H39N3/c1-56(2)50-28-25-40(33-49(50)54-45-21-7-6-13-36(45)24-29-51(54)56)38-16-10-18-41(31-38)44-26-27-48(47-23-9-8-22-46(44)47)53-34-52(58-55(59-53)37-14-4-3-5-15-37)42-19-11-17-39(32-42)43-20-12-30-57-35-43/h3-35H,1-2H3. The summed E-state index contributed by atoms with van der Waals surface area (Å²) in [7, 11) is 0. The number of aromatic nitrogens is 3. The molecule has 0 radical (unpaired) electrons. The molecule has 0 saturated heterocycles. The molecule has 0 amide bonds. The van der Waals surface area contributed by atoms with Gasteiger partial charge in [-0.3, -0.25) is 4.98 Å². The molecule has 0 atom stereocenters. The fourth-order valence-corrected chi connectivity index (χ4v) is 9.18. The van der Waals surface area contributed by atoms with Gasteiger partial charge in [0.05, 0.1) is 11.4 Å². The number of fused-ring (bicyclic) bond motifs is 6. The van der Waals surface area contributed by atoms with Crippen LogP contribution in [0.1, 0.15) is 25.0 Å². The first-order chi connectivity index (χ1) is 29.0. The highest BCUT2D eigenvalue weighted by Crippen LogP contribution is 2.52. The van der Waals surface area contributed by atoms with Crippen LogP contribution >= 0.6 is 0 Å². The highest BCUT2D eigenvalue weighted by atomic mass is 14.9. The molecule has 10 aromatic rings. The summed E-state index contributed by atoms with van der Waals surface area (Å²) in [6.07, 6.45) is 3.70. The number of rotatable bonds is 6. The Balaban J connectivity index is 1.02. The Morgan fingerprint density at radius 1 is 0.373 bits per heavy atom. The summed E-state index contributed by atoms with van der Waals surface area (Å²) < 4.78 is 0. The second-order valence-corrected chi connectivity index (χ2v) is 16.0. The second-order valence-electron chi connectivity index (χ2n) is 16.0. The molecule has 8 aromatic carbocycles. The van der Waals surface area contributed by atoms with Crippen LogP contribution in [-0.2, 0) is 5.41 Å². The molecule has 0 unspecified atom stereocenters. The topological polar surface area (TPSA) is 38.7 Å². The molecule has 3 heteroatoms. The van der Waals surface area contributed by atoms with E-state index in [0.29, 0.717) is 5.82 Å². The fraction of sp³-hybridized carbons (Fsp3) is 0.0536. The molecule has 2 aromatic heterocycles. The Morgan fingerprint density at radius 3 is 1.80 bits per heavy atom. The molecule has 0 bridgehead atoms. The van der Waals surface area contributed by atoms with Crippen LogP contribution < -0.4 is 0 Å². The van der Waals surface area contributed by atoms with Crippen molar-refractivity contribution in [3.63, 3.8) is 0 Å². The van der Waals surface area contributed by atoms with E-state index in [0.717, 1.165) is 44.6 Å². The van der Waals surface area contributed by atoms with Crippen molar-refractivity contribution in [2.75, 3.05) is 0 Å². The Morgan fingerprint density at radius 2 is 0.983 bits per heavy atom. The van der Waals surface area contributed by atoms with E-state index in [9.17, 15) is 0 Å². The summed E-state index contributed by atoms with van der Waals surface area (Å²) in [4.78, 5) is 14.7. The van der Waals surface area contributed by atoms with Crippen LogP contribution in [0.3, 0.4) is 0 Å². The Hall–Kier alpha value is -7.49. The Bertz CT molecular complexity index is 3240. The summed E-state index contributed by atoms with van der Waals surface area (Å²) >= 11 is 0. The molecule has 0 N–H and O–H groups in total. The van der Waals surface area contributed by atoms with Crippen molar-refractivity contribution in [1.82, 2.24) is 15.0 Å². The van der Waals surface area contributed by atoms with Gasteiger partial charge in [0, 0.05) is 40.1 Å². The lowest BCUT2D eigenvalue weighted by atomic mass is 9.82. The molecule has 0 saturated carbocycles. The third-order valence-electron chi connectivity index (χ3n) is 12.2. The van der Waals surface area contributed by atoms with E-state index in [-0.39, 0.29) is 5.41 Å². The zero-order valence-corrected chi connectivity index (χ0v) is 32.9. The van der Waals surface area contributed by atoms with E-state index in [1.54, 1.807) is 6.20 Å². The normalized spacial score (nSPS) is 12.7. The Labute approximate surface area is 344 Å². The van der Waals surface area contributed by atoms with E-state index < -0.39 is 0 Å². The molecule has 278 valence electrons. The molecule has 11 rings (SSSR count). The maximum atomic E-state index is 5.24. The zero-order valence-electron chi connectivity index (χ0n) is 32.9. The van der Waals surface area contributed by atoms with Crippen LogP contribution in [0, 0.1) is 0 Å².